The molecule has 5 nitrogen and oxygen atoms in total. The molecule has 0 bridgehead atoms. The average molecular weight is 251 g/mol. The molecule has 1 unspecified atom stereocenters. The van der Waals surface area contributed by atoms with Gasteiger partial charge in [-0.15, -0.1) is 0 Å². The highest BCUT2D eigenvalue weighted by Crippen LogP contribution is 2.09. The van der Waals surface area contributed by atoms with E-state index in [1.807, 2.05) is 17.0 Å². The van der Waals surface area contributed by atoms with Gasteiger partial charge in [0.05, 0.1) is 6.61 Å². The molecule has 1 saturated heterocycles. The number of amides is 1. The second-order valence-corrected chi connectivity index (χ2v) is 4.62. The first-order valence-corrected chi connectivity index (χ1v) is 6.46. The smallest absolute Gasteiger partial charge is 0.270 e. The zero-order valence-electron chi connectivity index (χ0n) is 10.8. The van der Waals surface area contributed by atoms with Crippen LogP contribution in [0.15, 0.2) is 18.3 Å². The zero-order chi connectivity index (χ0) is 12.8. The van der Waals surface area contributed by atoms with Gasteiger partial charge in [-0.2, -0.15) is 0 Å². The molecule has 1 fully saturated rings. The van der Waals surface area contributed by atoms with Crippen LogP contribution >= 0.6 is 0 Å². The molecule has 5 heteroatoms. The Morgan fingerprint density at radius 2 is 2.50 bits per heavy atom. The Morgan fingerprint density at radius 1 is 1.61 bits per heavy atom. The average Bonchev–Trinajstić information content (AvgIpc) is 3.06. The first-order valence-electron chi connectivity index (χ1n) is 6.46. The lowest BCUT2D eigenvalue weighted by Crippen LogP contribution is -2.42. The molecule has 1 amide bonds. The highest BCUT2D eigenvalue weighted by molar-refractivity contribution is 5.92. The molecule has 100 valence electrons. The second-order valence-electron chi connectivity index (χ2n) is 4.62. The van der Waals surface area contributed by atoms with Crippen LogP contribution in [0.25, 0.3) is 0 Å². The van der Waals surface area contributed by atoms with E-state index in [0.717, 1.165) is 19.5 Å². The standard InChI is InChI=1S/C13H21N3O2/c1-18-9-8-16(10-11-4-2-6-14-11)13(17)12-5-3-7-15-12/h3,5,7,11,14-15H,2,4,6,8-10H2,1H3. The zero-order valence-corrected chi connectivity index (χ0v) is 10.8. The van der Waals surface area contributed by atoms with Crippen molar-refractivity contribution in [3.05, 3.63) is 24.0 Å². The van der Waals surface area contributed by atoms with Gasteiger partial charge in [0.25, 0.3) is 5.91 Å². The van der Waals surface area contributed by atoms with E-state index in [2.05, 4.69) is 10.3 Å². The Kier molecular flexibility index (Phi) is 4.78. The molecule has 0 saturated carbocycles. The molecule has 2 N–H and O–H groups in total. The van der Waals surface area contributed by atoms with Crippen molar-refractivity contribution in [3.8, 4) is 0 Å². The lowest BCUT2D eigenvalue weighted by molar-refractivity contribution is 0.0674. The van der Waals surface area contributed by atoms with Gasteiger partial charge in [-0.25, -0.2) is 0 Å². The second kappa shape index (κ2) is 6.56. The minimum Gasteiger partial charge on any atom is -0.383 e. The van der Waals surface area contributed by atoms with E-state index in [1.54, 1.807) is 13.3 Å². The molecule has 0 radical (unpaired) electrons. The molecule has 0 aromatic carbocycles. The molecule has 1 aromatic heterocycles. The van der Waals surface area contributed by atoms with E-state index in [0.29, 0.717) is 24.9 Å². The quantitative estimate of drug-likeness (QED) is 0.788. The summed E-state index contributed by atoms with van der Waals surface area (Å²) in [7, 11) is 1.66. The fraction of sp³-hybridized carbons (Fsp3) is 0.615. The summed E-state index contributed by atoms with van der Waals surface area (Å²) in [4.78, 5) is 17.1. The van der Waals surface area contributed by atoms with Crippen LogP contribution in [0.4, 0.5) is 0 Å². The lowest BCUT2D eigenvalue weighted by atomic mass is 10.2. The number of H-pyrrole nitrogens is 1. The summed E-state index contributed by atoms with van der Waals surface area (Å²) in [6, 6.07) is 4.07. The van der Waals surface area contributed by atoms with Crippen molar-refractivity contribution in [3.63, 3.8) is 0 Å². The van der Waals surface area contributed by atoms with Gasteiger partial charge in [0.15, 0.2) is 0 Å². The maximum atomic E-state index is 12.3. The van der Waals surface area contributed by atoms with E-state index in [-0.39, 0.29) is 5.91 Å². The highest BCUT2D eigenvalue weighted by atomic mass is 16.5. The number of methoxy groups -OCH3 is 1. The predicted octanol–water partition coefficient (Wildman–Crippen LogP) is 0.855. The molecular weight excluding hydrogens is 230 g/mol. The Morgan fingerprint density at radius 3 is 3.11 bits per heavy atom. The summed E-state index contributed by atoms with van der Waals surface area (Å²) in [5.74, 6) is 0.0470. The summed E-state index contributed by atoms with van der Waals surface area (Å²) in [6.45, 7) is 3.01. The Hall–Kier alpha value is -1.33. The van der Waals surface area contributed by atoms with Crippen LogP contribution in [0.3, 0.4) is 0 Å². The monoisotopic (exact) mass is 251 g/mol. The molecule has 18 heavy (non-hydrogen) atoms. The van der Waals surface area contributed by atoms with Crippen LogP contribution in [-0.2, 0) is 4.74 Å². The van der Waals surface area contributed by atoms with Crippen LogP contribution in [0.1, 0.15) is 23.3 Å². The molecule has 1 aliphatic rings. The lowest BCUT2D eigenvalue weighted by Gasteiger charge is -2.25. The molecule has 2 heterocycles. The van der Waals surface area contributed by atoms with Gasteiger partial charge in [0, 0.05) is 32.4 Å². The fourth-order valence-electron chi connectivity index (χ4n) is 2.29. The number of hydrogen-bond donors (Lipinski definition) is 2. The number of rotatable bonds is 6. The minimum absolute atomic E-state index is 0.0470. The number of carbonyl (C=O) groups excluding carboxylic acids is 1. The minimum atomic E-state index is 0.0470. The Balaban J connectivity index is 1.96. The Labute approximate surface area is 108 Å². The molecule has 1 aromatic rings. The highest BCUT2D eigenvalue weighted by Gasteiger charge is 2.22. The fourth-order valence-corrected chi connectivity index (χ4v) is 2.29. The van der Waals surface area contributed by atoms with Crippen molar-refractivity contribution < 1.29 is 9.53 Å². The molecule has 1 atom stereocenters. The molecule has 0 spiro atoms. The number of nitrogens with zero attached hydrogens (tertiary/aromatic N) is 1. The van der Waals surface area contributed by atoms with E-state index >= 15 is 0 Å². The van der Waals surface area contributed by atoms with Crippen LogP contribution in [0.5, 0.6) is 0 Å². The molecule has 0 aliphatic carbocycles. The number of carbonyl (C=O) groups is 1. The normalized spacial score (nSPS) is 19.1. The summed E-state index contributed by atoms with van der Waals surface area (Å²) >= 11 is 0. The summed E-state index contributed by atoms with van der Waals surface area (Å²) in [5, 5.41) is 3.42. The van der Waals surface area contributed by atoms with E-state index in [1.165, 1.54) is 6.42 Å². The topological polar surface area (TPSA) is 57.4 Å². The van der Waals surface area contributed by atoms with Gasteiger partial charge in [-0.05, 0) is 31.5 Å². The van der Waals surface area contributed by atoms with Gasteiger partial charge in [0.2, 0.25) is 0 Å². The summed E-state index contributed by atoms with van der Waals surface area (Å²) < 4.78 is 5.08. The van der Waals surface area contributed by atoms with Gasteiger partial charge < -0.3 is 19.9 Å². The van der Waals surface area contributed by atoms with Crippen molar-refractivity contribution in [1.29, 1.82) is 0 Å². The maximum absolute atomic E-state index is 12.3. The third-order valence-corrected chi connectivity index (χ3v) is 3.28. The van der Waals surface area contributed by atoms with E-state index in [4.69, 9.17) is 4.74 Å². The van der Waals surface area contributed by atoms with Gasteiger partial charge in [0.1, 0.15) is 5.69 Å². The number of hydrogen-bond acceptors (Lipinski definition) is 3. The van der Waals surface area contributed by atoms with Crippen molar-refractivity contribution >= 4 is 5.91 Å². The van der Waals surface area contributed by atoms with Crippen molar-refractivity contribution in [2.24, 2.45) is 0 Å². The van der Waals surface area contributed by atoms with Gasteiger partial charge in [-0.1, -0.05) is 0 Å². The number of nitrogens with one attached hydrogen (secondary N) is 2. The number of aromatic nitrogens is 1. The number of aromatic amines is 1. The SMILES string of the molecule is COCCN(CC1CCCN1)C(=O)c1ccc[nH]1. The van der Waals surface area contributed by atoms with Crippen LogP contribution in [0.2, 0.25) is 0 Å². The van der Waals surface area contributed by atoms with Crippen LogP contribution < -0.4 is 5.32 Å². The molecule has 1 aliphatic heterocycles. The third kappa shape index (κ3) is 3.34. The largest absolute Gasteiger partial charge is 0.383 e. The summed E-state index contributed by atoms with van der Waals surface area (Å²) in [5.41, 5.74) is 0.643. The van der Waals surface area contributed by atoms with Crippen molar-refractivity contribution in [1.82, 2.24) is 15.2 Å². The van der Waals surface area contributed by atoms with E-state index in [9.17, 15) is 4.79 Å². The van der Waals surface area contributed by atoms with Gasteiger partial charge in [-0.3, -0.25) is 4.79 Å². The molecular formula is C13H21N3O2. The molecule has 2 rings (SSSR count). The Bertz CT molecular complexity index is 358. The first-order chi connectivity index (χ1) is 8.81. The van der Waals surface area contributed by atoms with Crippen molar-refractivity contribution in [2.75, 3.05) is 33.4 Å². The summed E-state index contributed by atoms with van der Waals surface area (Å²) in [6.07, 6.45) is 4.11. The van der Waals surface area contributed by atoms with Crippen LogP contribution in [-0.4, -0.2) is 55.2 Å². The van der Waals surface area contributed by atoms with Gasteiger partial charge >= 0.3 is 0 Å². The predicted molar refractivity (Wildman–Crippen MR) is 69.6 cm³/mol. The van der Waals surface area contributed by atoms with E-state index < -0.39 is 0 Å². The van der Waals surface area contributed by atoms with Crippen molar-refractivity contribution in [2.45, 2.75) is 18.9 Å². The number of ether oxygens (including phenoxy) is 1. The first kappa shape index (κ1) is 13.1. The maximum Gasteiger partial charge on any atom is 0.270 e. The third-order valence-electron chi connectivity index (χ3n) is 3.28. The van der Waals surface area contributed by atoms with Crippen LogP contribution in [0, 0.1) is 0 Å².